The number of sulfonamides is 1. The van der Waals surface area contributed by atoms with Crippen LogP contribution in [0.15, 0.2) is 36.5 Å². The Balaban J connectivity index is 1.37. The van der Waals surface area contributed by atoms with Gasteiger partial charge in [-0.15, -0.1) is 0 Å². The lowest BCUT2D eigenvalue weighted by atomic mass is 9.88. The molecular weight excluding hydrogens is 810 g/mol. The quantitative estimate of drug-likeness (QED) is 0.229. The van der Waals surface area contributed by atoms with Crippen molar-refractivity contribution in [1.82, 2.24) is 25.2 Å². The van der Waals surface area contributed by atoms with Gasteiger partial charge in [-0.25, -0.2) is 27.0 Å². The van der Waals surface area contributed by atoms with Crippen molar-refractivity contribution in [3.05, 3.63) is 42.4 Å². The van der Waals surface area contributed by atoms with Crippen LogP contribution >= 0.6 is 0 Å². The number of alkyl halides is 4. The van der Waals surface area contributed by atoms with Gasteiger partial charge in [-0.2, -0.15) is 13.2 Å². The molecule has 4 aliphatic rings. The molecule has 1 saturated heterocycles. The van der Waals surface area contributed by atoms with E-state index in [4.69, 9.17) is 14.2 Å². The largest absolute Gasteiger partial charge is 0.494 e. The van der Waals surface area contributed by atoms with Gasteiger partial charge >= 0.3 is 12.3 Å². The van der Waals surface area contributed by atoms with Gasteiger partial charge in [-0.05, 0) is 82.4 Å². The standard InChI is InChI=1S/C39H48F5N5O9S/c1-21-8-6-7-9-23-17-38(23,34(52)48-59(54,55)37(20-40)12-13-37)47-31(50)28-16-25(57-32-27-15-24(41)10-11-26(27)29(56-5)18-45-32)19-49(28)33(51)30(22(2)14-21)46-35(53)58-36(3,4)39(42,43)44/h7,9-11,15,18,21-23,25,28,30H,6,8,12-14,16-17,19-20H2,1-5H3,(H,46,53)(H,47,50)(H,48,52)/b9-7+/t21-,22-,23-,25-,28+,30+,38-/m1/s1. The molecule has 2 saturated carbocycles. The zero-order valence-electron chi connectivity index (χ0n) is 33.2. The van der Waals surface area contributed by atoms with Crippen LogP contribution in [-0.4, -0.2) is 103 Å². The number of carbonyl (C=O) groups excluding carboxylic acids is 4. The maximum atomic E-state index is 14.7. The van der Waals surface area contributed by atoms with E-state index >= 15 is 0 Å². The van der Waals surface area contributed by atoms with Crippen molar-refractivity contribution in [3.63, 3.8) is 0 Å². The molecule has 324 valence electrons. The number of rotatable bonds is 9. The Morgan fingerprint density at radius 1 is 1.10 bits per heavy atom. The summed E-state index contributed by atoms with van der Waals surface area (Å²) >= 11 is 0. The van der Waals surface area contributed by atoms with Crippen molar-refractivity contribution < 1.29 is 63.8 Å². The highest BCUT2D eigenvalue weighted by atomic mass is 32.2. The van der Waals surface area contributed by atoms with Crippen LogP contribution in [0.3, 0.4) is 0 Å². The molecule has 3 heterocycles. The Bertz CT molecular complexity index is 2130. The molecule has 20 heteroatoms. The topological polar surface area (TPSA) is 182 Å². The van der Waals surface area contributed by atoms with Crippen LogP contribution in [0.1, 0.15) is 72.6 Å². The third kappa shape index (κ3) is 8.77. The van der Waals surface area contributed by atoms with Crippen LogP contribution in [0.4, 0.5) is 26.7 Å². The molecule has 0 unspecified atom stereocenters. The summed E-state index contributed by atoms with van der Waals surface area (Å²) in [6.07, 6.45) is -1.66. The molecule has 0 radical (unpaired) electrons. The molecule has 4 amide bonds. The monoisotopic (exact) mass is 857 g/mol. The van der Waals surface area contributed by atoms with Crippen molar-refractivity contribution in [1.29, 1.82) is 0 Å². The molecule has 2 aliphatic carbocycles. The molecular formula is C39H48F5N5O9S. The summed E-state index contributed by atoms with van der Waals surface area (Å²) in [4.78, 5) is 61.5. The predicted octanol–water partition coefficient (Wildman–Crippen LogP) is 5.00. The number of alkyl carbamates (subject to hydrolysis) is 1. The van der Waals surface area contributed by atoms with E-state index in [1.54, 1.807) is 19.1 Å². The lowest BCUT2D eigenvalue weighted by Crippen LogP contribution is -2.60. The molecule has 0 bridgehead atoms. The maximum absolute atomic E-state index is 14.7. The van der Waals surface area contributed by atoms with Gasteiger partial charge in [0.2, 0.25) is 33.3 Å². The number of allylic oxidation sites excluding steroid dienone is 1. The number of halogens is 5. The van der Waals surface area contributed by atoms with Crippen LogP contribution in [0.25, 0.3) is 10.8 Å². The first-order valence-electron chi connectivity index (χ1n) is 19.3. The lowest BCUT2D eigenvalue weighted by molar-refractivity contribution is -0.244. The average molecular weight is 858 g/mol. The fourth-order valence-electron chi connectivity index (χ4n) is 7.78. The van der Waals surface area contributed by atoms with E-state index in [-0.39, 0.29) is 49.4 Å². The van der Waals surface area contributed by atoms with Gasteiger partial charge in [0.15, 0.2) is 0 Å². The smallest absolute Gasteiger partial charge is 0.427 e. The fraction of sp³-hybridized carbons (Fsp3) is 0.615. The second kappa shape index (κ2) is 16.0. The summed E-state index contributed by atoms with van der Waals surface area (Å²) in [5, 5.41) is 5.63. The second-order valence-electron chi connectivity index (χ2n) is 16.7. The summed E-state index contributed by atoms with van der Waals surface area (Å²) in [6, 6.07) is 0.843. The SMILES string of the molecule is COc1cnc(O[C@@H]2C[C@H]3C(=O)N[C@]4(C(=O)NS(=O)(=O)C5(CF)CC5)C[C@H]4/C=C/CC[C@@H](C)C[C@@H](C)[C@H](NC(=O)OC(C)(C)C(F)(F)F)C(=O)N3C2)c2cc(F)ccc12. The van der Waals surface area contributed by atoms with E-state index in [0.29, 0.717) is 44.2 Å². The van der Waals surface area contributed by atoms with Gasteiger partial charge in [0, 0.05) is 17.7 Å². The Morgan fingerprint density at radius 2 is 1.81 bits per heavy atom. The van der Waals surface area contributed by atoms with E-state index in [2.05, 4.69) is 15.6 Å². The molecule has 3 fully saturated rings. The minimum absolute atomic E-state index is 0.00731. The molecule has 6 rings (SSSR count). The fourth-order valence-corrected chi connectivity index (χ4v) is 9.20. The number of aromatic nitrogens is 1. The van der Waals surface area contributed by atoms with Gasteiger partial charge < -0.3 is 29.7 Å². The van der Waals surface area contributed by atoms with Gasteiger partial charge in [0.1, 0.15) is 46.7 Å². The highest BCUT2D eigenvalue weighted by Gasteiger charge is 2.64. The van der Waals surface area contributed by atoms with Crippen molar-refractivity contribution in [3.8, 4) is 11.6 Å². The number of hydrogen-bond donors (Lipinski definition) is 3. The zero-order valence-corrected chi connectivity index (χ0v) is 34.0. The van der Waals surface area contributed by atoms with Gasteiger partial charge in [-0.1, -0.05) is 26.0 Å². The minimum Gasteiger partial charge on any atom is -0.494 e. The molecule has 3 N–H and O–H groups in total. The van der Waals surface area contributed by atoms with Crippen molar-refractivity contribution in [2.45, 2.75) is 113 Å². The molecule has 2 aliphatic heterocycles. The summed E-state index contributed by atoms with van der Waals surface area (Å²) in [5.41, 5.74) is -4.74. The van der Waals surface area contributed by atoms with Gasteiger partial charge in [0.05, 0.1) is 25.2 Å². The average Bonchev–Trinajstić information content (AvgIpc) is 4.06. The molecule has 1 aromatic carbocycles. The van der Waals surface area contributed by atoms with E-state index in [0.717, 1.165) is 11.0 Å². The molecule has 0 spiro atoms. The number of nitrogens with one attached hydrogen (secondary N) is 3. The maximum Gasteiger partial charge on any atom is 0.427 e. The van der Waals surface area contributed by atoms with Crippen molar-refractivity contribution in [2.75, 3.05) is 20.3 Å². The van der Waals surface area contributed by atoms with Crippen LogP contribution in [-0.2, 0) is 29.1 Å². The number of benzene rings is 1. The first-order valence-corrected chi connectivity index (χ1v) is 20.8. The number of fused-ring (bicyclic) bond motifs is 3. The number of hydrogen-bond acceptors (Lipinski definition) is 10. The van der Waals surface area contributed by atoms with E-state index in [1.165, 1.54) is 25.4 Å². The lowest BCUT2D eigenvalue weighted by Gasteiger charge is -2.34. The Labute approximate surface area is 338 Å². The Kier molecular flexibility index (Phi) is 11.9. The molecule has 2 aromatic rings. The number of pyridine rings is 1. The number of nitrogens with zero attached hydrogens (tertiary/aromatic N) is 2. The van der Waals surface area contributed by atoms with Crippen LogP contribution in [0.5, 0.6) is 11.6 Å². The molecule has 59 heavy (non-hydrogen) atoms. The Hall–Kier alpha value is -4.75. The second-order valence-corrected chi connectivity index (χ2v) is 18.7. The third-order valence-corrected chi connectivity index (χ3v) is 14.0. The number of methoxy groups -OCH3 is 1. The number of ether oxygens (including phenoxy) is 3. The van der Waals surface area contributed by atoms with Crippen molar-refractivity contribution in [2.24, 2.45) is 17.8 Å². The molecule has 7 atom stereocenters. The van der Waals surface area contributed by atoms with E-state index in [1.807, 2.05) is 11.6 Å². The molecule has 1 aromatic heterocycles. The van der Waals surface area contributed by atoms with Crippen LogP contribution in [0, 0.1) is 23.6 Å². The van der Waals surface area contributed by atoms with Gasteiger partial charge in [-0.3, -0.25) is 19.1 Å². The highest BCUT2D eigenvalue weighted by Crippen LogP contribution is 2.48. The molecule has 14 nitrogen and oxygen atoms in total. The predicted molar refractivity (Wildman–Crippen MR) is 202 cm³/mol. The third-order valence-electron chi connectivity index (χ3n) is 11.8. The summed E-state index contributed by atoms with van der Waals surface area (Å²) in [5.74, 6) is -4.76. The van der Waals surface area contributed by atoms with Crippen LogP contribution < -0.4 is 24.8 Å². The van der Waals surface area contributed by atoms with E-state index < -0.39 is 98.4 Å². The highest BCUT2D eigenvalue weighted by molar-refractivity contribution is 7.91. The normalized spacial score (nSPS) is 29.2. The zero-order chi connectivity index (χ0) is 43.3. The summed E-state index contributed by atoms with van der Waals surface area (Å²) in [6.45, 7) is 3.26. The Morgan fingerprint density at radius 3 is 2.46 bits per heavy atom. The number of carbonyl (C=O) groups is 4. The van der Waals surface area contributed by atoms with E-state index in [9.17, 15) is 49.5 Å². The number of amides is 4. The first-order chi connectivity index (χ1) is 27.6. The minimum atomic E-state index is -4.96. The van der Waals surface area contributed by atoms with Gasteiger partial charge in [0.25, 0.3) is 5.91 Å². The van der Waals surface area contributed by atoms with Crippen molar-refractivity contribution >= 4 is 44.6 Å². The summed E-state index contributed by atoms with van der Waals surface area (Å²) in [7, 11) is -3.10. The first kappa shape index (κ1) is 43.8. The van der Waals surface area contributed by atoms with Crippen LogP contribution in [0.2, 0.25) is 0 Å². The summed E-state index contributed by atoms with van der Waals surface area (Å²) < 4.78 is 112.